The van der Waals surface area contributed by atoms with Crippen molar-refractivity contribution in [3.63, 3.8) is 0 Å². The van der Waals surface area contributed by atoms with Gasteiger partial charge in [0, 0.05) is 98.8 Å². The molecule has 112 heavy (non-hydrogen) atoms. The molecule has 0 amide bonds. The molecule has 0 spiro atoms. The topological polar surface area (TPSA) is 26.3 Å². The van der Waals surface area contributed by atoms with Crippen LogP contribution in [0.5, 0.6) is 0 Å². The van der Waals surface area contributed by atoms with E-state index < -0.39 is 0 Å². The summed E-state index contributed by atoms with van der Waals surface area (Å²) in [6, 6.07) is 136. The van der Waals surface area contributed by atoms with Crippen molar-refractivity contribution in [3.8, 4) is 77.9 Å². The normalized spacial score (nSPS) is 11.3. The lowest BCUT2D eigenvalue weighted by molar-refractivity contribution is 0.667. The quantitative estimate of drug-likeness (QED) is 0.159. The fourth-order valence-corrected chi connectivity index (χ4v) is 19.4. The maximum absolute atomic E-state index is 6.45. The smallest absolute Gasteiger partial charge is 0.143 e. The number of furan rings is 2. The Balaban J connectivity index is 0.0000000983. The minimum atomic E-state index is 0.952. The molecule has 0 saturated carbocycles. The predicted molar refractivity (Wildman–Crippen MR) is 487 cm³/mol. The van der Waals surface area contributed by atoms with E-state index in [9.17, 15) is 0 Å². The fourth-order valence-electron chi connectivity index (χ4n) is 15.8. The Morgan fingerprint density at radius 1 is 0.179 bits per heavy atom. The van der Waals surface area contributed by atoms with Gasteiger partial charge in [0.25, 0.3) is 0 Å². The van der Waals surface area contributed by atoms with Gasteiger partial charge in [0.1, 0.15) is 22.3 Å². The second kappa shape index (κ2) is 31.2. The third-order valence-electron chi connectivity index (χ3n) is 21.3. The van der Waals surface area contributed by atoms with E-state index in [1.165, 1.54) is 160 Å². The Labute approximate surface area is 664 Å². The molecule has 0 aliphatic rings. The maximum atomic E-state index is 6.45. The summed E-state index contributed by atoms with van der Waals surface area (Å²) in [6.07, 6.45) is 0. The van der Waals surface area contributed by atoms with Crippen LogP contribution in [0, 0.1) is 34.6 Å². The van der Waals surface area contributed by atoms with E-state index in [1.807, 2.05) is 46.1 Å². The zero-order chi connectivity index (χ0) is 75.6. The first-order valence-corrected chi connectivity index (χ1v) is 40.6. The molecule has 22 aromatic rings. The molecule has 5 heteroatoms. The minimum Gasteiger partial charge on any atom is -0.455 e. The number of benzene rings is 17. The van der Waals surface area contributed by atoms with Crippen LogP contribution >= 0.6 is 34.0 Å². The van der Waals surface area contributed by atoms with Crippen LogP contribution in [-0.2, 0) is 0 Å². The highest BCUT2D eigenvalue weighted by molar-refractivity contribution is 7.27. The lowest BCUT2D eigenvalue weighted by Crippen LogP contribution is -1.83. The van der Waals surface area contributed by atoms with Crippen molar-refractivity contribution < 1.29 is 8.83 Å². The molecule has 0 aliphatic heterocycles. The number of hydrogen-bond donors (Lipinski definition) is 0. The fraction of sp³-hybridized carbons (Fsp3) is 0.0467. The Hall–Kier alpha value is -13.0. The molecule has 0 aliphatic carbocycles. The van der Waals surface area contributed by atoms with Crippen LogP contribution in [0.4, 0.5) is 0 Å². The number of rotatable bonds is 7. The Morgan fingerprint density at radius 3 is 0.982 bits per heavy atom. The van der Waals surface area contributed by atoms with E-state index in [4.69, 9.17) is 8.83 Å². The van der Waals surface area contributed by atoms with Crippen LogP contribution in [0.3, 0.4) is 0 Å². The number of para-hydroxylation sites is 4. The molecule has 0 bridgehead atoms. The van der Waals surface area contributed by atoms with Gasteiger partial charge in [0.05, 0.1) is 0 Å². The molecule has 0 N–H and O–H groups in total. The van der Waals surface area contributed by atoms with Gasteiger partial charge in [-0.2, -0.15) is 0 Å². The van der Waals surface area contributed by atoms with Gasteiger partial charge < -0.3 is 8.83 Å². The second-order valence-corrected chi connectivity index (χ2v) is 31.9. The Kier molecular flexibility index (Phi) is 19.7. The molecule has 536 valence electrons. The summed E-state index contributed by atoms with van der Waals surface area (Å²) in [5.74, 6) is 0. The van der Waals surface area contributed by atoms with Crippen LogP contribution in [0.15, 0.2) is 391 Å². The first kappa shape index (κ1) is 70.7. The van der Waals surface area contributed by atoms with Gasteiger partial charge >= 0.3 is 0 Å². The summed E-state index contributed by atoms with van der Waals surface area (Å²) in [6.45, 7) is 10.7. The predicted octanol–water partition coefficient (Wildman–Crippen LogP) is 32.5. The van der Waals surface area contributed by atoms with Gasteiger partial charge in [-0.15, -0.1) is 34.0 Å². The highest BCUT2D eigenvalue weighted by Crippen LogP contribution is 2.47. The van der Waals surface area contributed by atoms with Crippen molar-refractivity contribution in [2.75, 3.05) is 0 Å². The molecule has 0 radical (unpaired) electrons. The van der Waals surface area contributed by atoms with E-state index in [-0.39, 0.29) is 0 Å². The average Bonchev–Trinajstić information content (AvgIpc) is 1.63. The SMILES string of the molecule is Cc1ccc(-c2cccc3c2oc2c(-c4ccccc4)cccc23)cc1.Cc1ccc(-c2cccc3c2sc2c(-c4ccccc4)cccc23)cc1.Cc1cccc(-c2cccc3sc4ccccc4c23)c1.Cc1cccc2c1oc1c(-c3ccccc3)cccc12.Cc1ccccc1-c1cccc2sc3ccccc3c12. The average molecular weight is 1490 g/mol. The molecule has 0 saturated heterocycles. The molecule has 5 heterocycles. The monoisotopic (exact) mass is 1490 g/mol. The van der Waals surface area contributed by atoms with Gasteiger partial charge in [0.2, 0.25) is 0 Å². The van der Waals surface area contributed by atoms with E-state index >= 15 is 0 Å². The van der Waals surface area contributed by atoms with Crippen LogP contribution < -0.4 is 0 Å². The van der Waals surface area contributed by atoms with Crippen LogP contribution in [0.25, 0.3) is 182 Å². The lowest BCUT2D eigenvalue weighted by atomic mass is 9.96. The lowest BCUT2D eigenvalue weighted by Gasteiger charge is -2.07. The van der Waals surface area contributed by atoms with Crippen molar-refractivity contribution in [3.05, 3.63) is 410 Å². The van der Waals surface area contributed by atoms with Crippen LogP contribution in [0.2, 0.25) is 0 Å². The maximum Gasteiger partial charge on any atom is 0.143 e. The summed E-state index contributed by atoms with van der Waals surface area (Å²) < 4.78 is 20.8. The number of aryl methyl sites for hydroxylation is 5. The molecule has 0 fully saturated rings. The standard InChI is InChI=1S/C25H18O.C25H18S.C19H14O.2C19H14S/c2*1-17-13-15-19(16-14-17)21-10-6-12-23-22-11-5-9-20(24(22)26-25(21)23)18-7-3-2-4-8-18;1-13-7-5-11-16-17-12-6-10-15(19(17)20-18(13)16)14-8-3-2-4-9-14;1-13-6-4-7-14(12-13)15-9-5-11-18-19(15)16-8-2-3-10-17(16)20-18;1-13-7-2-3-8-14(13)15-10-6-12-18-19(15)16-9-4-5-11-17(16)20-18/h2*2-16H,1H3;3*2-12H,1H3. The minimum absolute atomic E-state index is 0.952. The van der Waals surface area contributed by atoms with Gasteiger partial charge in [-0.25, -0.2) is 0 Å². The first-order chi connectivity index (χ1) is 55.1. The van der Waals surface area contributed by atoms with Gasteiger partial charge in [0.15, 0.2) is 0 Å². The summed E-state index contributed by atoms with van der Waals surface area (Å²) >= 11 is 5.66. The van der Waals surface area contributed by atoms with Crippen molar-refractivity contribution >= 4 is 138 Å². The number of fused-ring (bicyclic) bond motifs is 15. The van der Waals surface area contributed by atoms with Crippen LogP contribution in [0.1, 0.15) is 27.8 Å². The third kappa shape index (κ3) is 13.9. The third-order valence-corrected chi connectivity index (χ3v) is 24.9. The first-order valence-electron chi connectivity index (χ1n) is 38.2. The second-order valence-electron chi connectivity index (χ2n) is 28.7. The van der Waals surface area contributed by atoms with E-state index in [0.29, 0.717) is 0 Å². The molecular formula is C107H78O2S3. The van der Waals surface area contributed by atoms with Gasteiger partial charge in [-0.3, -0.25) is 0 Å². The van der Waals surface area contributed by atoms with Gasteiger partial charge in [-0.1, -0.05) is 375 Å². The van der Waals surface area contributed by atoms with Crippen molar-refractivity contribution in [1.29, 1.82) is 0 Å². The summed E-state index contributed by atoms with van der Waals surface area (Å²) in [4.78, 5) is 0. The zero-order valence-electron chi connectivity index (χ0n) is 62.9. The molecule has 0 unspecified atom stereocenters. The molecule has 22 rings (SSSR count). The summed E-state index contributed by atoms with van der Waals surface area (Å²) in [5, 5.41) is 12.9. The van der Waals surface area contributed by atoms with E-state index in [2.05, 4.69) is 405 Å². The largest absolute Gasteiger partial charge is 0.455 e. The van der Waals surface area contributed by atoms with Gasteiger partial charge in [-0.05, 0) is 131 Å². The molecule has 0 atom stereocenters. The van der Waals surface area contributed by atoms with E-state index in [1.54, 1.807) is 0 Å². The van der Waals surface area contributed by atoms with Crippen LogP contribution in [-0.4, -0.2) is 0 Å². The summed E-state index contributed by atoms with van der Waals surface area (Å²) in [5.41, 5.74) is 27.7. The number of hydrogen-bond acceptors (Lipinski definition) is 5. The Morgan fingerprint density at radius 2 is 0.491 bits per heavy atom. The zero-order valence-corrected chi connectivity index (χ0v) is 65.4. The highest BCUT2D eigenvalue weighted by atomic mass is 32.1. The molecular weight excluding hydrogens is 1410 g/mol. The molecule has 17 aromatic carbocycles. The van der Waals surface area contributed by atoms with E-state index in [0.717, 1.165) is 49.8 Å². The van der Waals surface area contributed by atoms with Crippen molar-refractivity contribution in [2.24, 2.45) is 0 Å². The summed E-state index contributed by atoms with van der Waals surface area (Å²) in [7, 11) is 0. The Bertz CT molecular complexity index is 6960. The molecule has 2 nitrogen and oxygen atoms in total. The highest BCUT2D eigenvalue weighted by Gasteiger charge is 2.19. The molecule has 5 aromatic heterocycles. The van der Waals surface area contributed by atoms with Crippen molar-refractivity contribution in [1.82, 2.24) is 0 Å². The van der Waals surface area contributed by atoms with Crippen molar-refractivity contribution in [2.45, 2.75) is 34.6 Å². The number of thiophene rings is 3.